The first-order valence-electron chi connectivity index (χ1n) is 13.3. The molecule has 0 saturated heterocycles. The minimum atomic E-state index is -0.958. The molecular weight excluding hydrogens is 617 g/mol. The first-order chi connectivity index (χ1) is 21.7. The van der Waals surface area contributed by atoms with Crippen LogP contribution < -0.4 is 9.47 Å². The minimum Gasteiger partial charge on any atom is -0.423 e. The van der Waals surface area contributed by atoms with Crippen LogP contribution in [0.5, 0.6) is 11.5 Å². The van der Waals surface area contributed by atoms with E-state index in [0.717, 1.165) is 28.9 Å². The number of aliphatic imine (C=N–C) groups is 2. The highest BCUT2D eigenvalue weighted by atomic mass is 35.5. The fourth-order valence-corrected chi connectivity index (χ4v) is 4.16. The van der Waals surface area contributed by atoms with Gasteiger partial charge in [0, 0.05) is 28.5 Å². The number of hydrogen-bond donors (Lipinski definition) is 0. The van der Waals surface area contributed by atoms with Crippen LogP contribution in [0.1, 0.15) is 31.8 Å². The maximum Gasteiger partial charge on any atom is 0.350 e. The molecule has 0 amide bonds. The molecule has 5 aromatic carbocycles. The van der Waals surface area contributed by atoms with Gasteiger partial charge in [-0.2, -0.15) is 0 Å². The molecule has 5 aromatic rings. The fourth-order valence-electron chi connectivity index (χ4n) is 3.91. The van der Waals surface area contributed by atoms with E-state index in [4.69, 9.17) is 32.7 Å². The topological polar surface area (TPSA) is 120 Å². The van der Waals surface area contributed by atoms with Crippen molar-refractivity contribution in [3.63, 3.8) is 0 Å². The molecule has 0 fully saturated rings. The van der Waals surface area contributed by atoms with Crippen LogP contribution in [0.15, 0.2) is 125 Å². The van der Waals surface area contributed by atoms with Gasteiger partial charge >= 0.3 is 11.9 Å². The van der Waals surface area contributed by atoms with Gasteiger partial charge in [-0.1, -0.05) is 23.2 Å². The highest BCUT2D eigenvalue weighted by Gasteiger charge is 2.25. The summed E-state index contributed by atoms with van der Waals surface area (Å²) in [6.07, 6.45) is 3.27. The van der Waals surface area contributed by atoms with Crippen molar-refractivity contribution in [2.24, 2.45) is 9.98 Å². The van der Waals surface area contributed by atoms with Crippen molar-refractivity contribution < 1.29 is 24.0 Å². The fraction of sp³-hybridized carbons (Fsp3) is 0. The molecule has 222 valence electrons. The van der Waals surface area contributed by atoms with E-state index in [9.17, 15) is 19.7 Å². The first-order valence-corrected chi connectivity index (χ1v) is 14.0. The molecule has 0 heterocycles. The third kappa shape index (κ3) is 8.47. The molecule has 0 aliphatic rings. The van der Waals surface area contributed by atoms with E-state index in [0.29, 0.717) is 15.7 Å². The van der Waals surface area contributed by atoms with Gasteiger partial charge in [0.2, 0.25) is 0 Å². The molecule has 0 aromatic heterocycles. The number of hydrogen-bond acceptors (Lipinski definition) is 8. The van der Waals surface area contributed by atoms with E-state index in [1.165, 1.54) is 18.2 Å². The van der Waals surface area contributed by atoms with Crippen molar-refractivity contribution in [3.05, 3.63) is 158 Å². The summed E-state index contributed by atoms with van der Waals surface area (Å²) in [4.78, 5) is 45.3. The van der Waals surface area contributed by atoms with Gasteiger partial charge in [0.15, 0.2) is 0 Å². The Hall–Kier alpha value is -5.64. The number of carbonyl (C=O) groups is 2. The van der Waals surface area contributed by atoms with E-state index in [1.807, 2.05) is 0 Å². The van der Waals surface area contributed by atoms with Crippen LogP contribution in [-0.2, 0) is 0 Å². The van der Waals surface area contributed by atoms with E-state index in [2.05, 4.69) is 9.98 Å². The molecule has 11 heteroatoms. The van der Waals surface area contributed by atoms with Crippen molar-refractivity contribution in [3.8, 4) is 11.5 Å². The van der Waals surface area contributed by atoms with Crippen molar-refractivity contribution in [1.29, 1.82) is 0 Å². The van der Waals surface area contributed by atoms with Gasteiger partial charge < -0.3 is 9.47 Å². The summed E-state index contributed by atoms with van der Waals surface area (Å²) in [6.45, 7) is 0. The second-order valence-corrected chi connectivity index (χ2v) is 10.2. The number of benzene rings is 5. The monoisotopic (exact) mass is 637 g/mol. The van der Waals surface area contributed by atoms with E-state index >= 15 is 0 Å². The lowest BCUT2D eigenvalue weighted by Crippen LogP contribution is -2.14. The average Bonchev–Trinajstić information content (AvgIpc) is 3.05. The summed E-state index contributed by atoms with van der Waals surface area (Å²) >= 11 is 11.8. The molecule has 9 nitrogen and oxygen atoms in total. The zero-order valence-electron chi connectivity index (χ0n) is 23.2. The second-order valence-electron chi connectivity index (χ2n) is 9.38. The molecule has 0 spiro atoms. The molecular formula is C34H21Cl2N3O6. The molecule has 0 aliphatic carbocycles. The second kappa shape index (κ2) is 14.2. The Balaban J connectivity index is 1.22. The van der Waals surface area contributed by atoms with E-state index in [1.54, 1.807) is 97.4 Å². The van der Waals surface area contributed by atoms with Gasteiger partial charge in [-0.15, -0.1) is 0 Å². The normalized spacial score (nSPS) is 11.1. The highest BCUT2D eigenvalue weighted by Crippen LogP contribution is 2.25. The number of halogens is 2. The molecule has 0 bridgehead atoms. The summed E-state index contributed by atoms with van der Waals surface area (Å²) in [5, 5.41) is 13.0. The van der Waals surface area contributed by atoms with Gasteiger partial charge in [0.25, 0.3) is 5.69 Å². The molecule has 0 N–H and O–H groups in total. The molecule has 0 aliphatic heterocycles. The Labute approximate surface area is 267 Å². The van der Waals surface area contributed by atoms with E-state index < -0.39 is 22.5 Å². The van der Waals surface area contributed by atoms with Gasteiger partial charge in [0.05, 0.1) is 21.9 Å². The molecule has 5 rings (SSSR count). The van der Waals surface area contributed by atoms with Crippen LogP contribution in [0, 0.1) is 10.1 Å². The predicted molar refractivity (Wildman–Crippen MR) is 173 cm³/mol. The van der Waals surface area contributed by atoms with Crippen LogP contribution >= 0.6 is 23.2 Å². The third-order valence-corrected chi connectivity index (χ3v) is 6.71. The first kappa shape index (κ1) is 30.8. The molecule has 0 saturated carbocycles. The molecule has 45 heavy (non-hydrogen) atoms. The van der Waals surface area contributed by atoms with Crippen LogP contribution in [0.4, 0.5) is 17.1 Å². The van der Waals surface area contributed by atoms with Gasteiger partial charge in [-0.05, 0) is 120 Å². The van der Waals surface area contributed by atoms with Crippen LogP contribution in [0.3, 0.4) is 0 Å². The maximum absolute atomic E-state index is 12.8. The molecule has 0 radical (unpaired) electrons. The summed E-state index contributed by atoms with van der Waals surface area (Å²) in [7, 11) is 0. The number of ether oxygens (including phenoxy) is 2. The smallest absolute Gasteiger partial charge is 0.350 e. The minimum absolute atomic E-state index is 0.115. The van der Waals surface area contributed by atoms with Gasteiger partial charge in [0.1, 0.15) is 17.1 Å². The largest absolute Gasteiger partial charge is 0.423 e. The van der Waals surface area contributed by atoms with Crippen LogP contribution in [-0.4, -0.2) is 29.3 Å². The Morgan fingerprint density at radius 3 is 1.51 bits per heavy atom. The SMILES string of the molecule is O=C(Oc1ccc(C=Nc2ccc(Cl)cc2)cc1)c1ccc(C(=O)Oc2ccc(C=Nc3ccc(Cl)cc3)cc2)c([N+](=O)[O-])c1. The molecule has 0 unspecified atom stereocenters. The van der Waals surface area contributed by atoms with Crippen molar-refractivity contribution in [2.45, 2.75) is 0 Å². The van der Waals surface area contributed by atoms with Gasteiger partial charge in [-0.3, -0.25) is 20.1 Å². The van der Waals surface area contributed by atoms with Crippen LogP contribution in [0.25, 0.3) is 0 Å². The lowest BCUT2D eigenvalue weighted by Gasteiger charge is -2.08. The number of nitrogens with zero attached hydrogens (tertiary/aromatic N) is 3. The number of nitro benzene ring substituents is 1. The number of carbonyl (C=O) groups excluding carboxylic acids is 2. The standard InChI is InChI=1S/C34H21Cl2N3O6/c35-25-6-10-27(11-7-25)37-20-22-1-14-29(15-2-22)44-33(40)24-5-18-31(32(19-24)39(42)43)34(41)45-30-16-3-23(4-17-30)21-38-28-12-8-26(36)9-13-28/h1-21H. The third-order valence-electron chi connectivity index (χ3n) is 6.21. The lowest BCUT2D eigenvalue weighted by molar-refractivity contribution is -0.385. The zero-order valence-corrected chi connectivity index (χ0v) is 24.7. The van der Waals surface area contributed by atoms with E-state index in [-0.39, 0.29) is 22.6 Å². The average molecular weight is 638 g/mol. The summed E-state index contributed by atoms with van der Waals surface area (Å²) in [6, 6.07) is 30.3. The quantitative estimate of drug-likeness (QED) is 0.0523. The zero-order chi connectivity index (χ0) is 31.8. The Morgan fingerprint density at radius 1 is 0.622 bits per heavy atom. The Morgan fingerprint density at radius 2 is 1.07 bits per heavy atom. The maximum atomic E-state index is 12.8. The lowest BCUT2D eigenvalue weighted by atomic mass is 10.1. The summed E-state index contributed by atoms with van der Waals surface area (Å²) in [5.41, 5.74) is 1.88. The Bertz CT molecular complexity index is 1910. The van der Waals surface area contributed by atoms with Crippen molar-refractivity contribution >= 4 is 64.6 Å². The summed E-state index contributed by atoms with van der Waals surface area (Å²) in [5.74, 6) is -1.41. The van der Waals surface area contributed by atoms with Crippen molar-refractivity contribution in [1.82, 2.24) is 0 Å². The van der Waals surface area contributed by atoms with Crippen LogP contribution in [0.2, 0.25) is 10.0 Å². The number of nitro groups is 1. The molecule has 0 atom stereocenters. The predicted octanol–water partition coefficient (Wildman–Crippen LogP) is 8.84. The summed E-state index contributed by atoms with van der Waals surface area (Å²) < 4.78 is 10.7. The van der Waals surface area contributed by atoms with Crippen molar-refractivity contribution in [2.75, 3.05) is 0 Å². The number of esters is 2. The number of rotatable bonds is 9. The highest BCUT2D eigenvalue weighted by molar-refractivity contribution is 6.30. The Kier molecular flexibility index (Phi) is 9.74. The van der Waals surface area contributed by atoms with Gasteiger partial charge in [-0.25, -0.2) is 9.59 Å².